The number of ether oxygens (including phenoxy) is 3. The Balaban J connectivity index is 4.52. The van der Waals surface area contributed by atoms with Crippen LogP contribution in [0.1, 0.15) is 201 Å². The zero-order valence-corrected chi connectivity index (χ0v) is 40.3. The standard InChI is InChI=1S/C57H90O6/c1-4-7-10-13-16-19-22-25-26-27-28-29-30-33-35-38-41-44-47-50-56(59)62-53-54(63-57(60)51-48-45-42-39-36-32-24-21-18-15-12-9-6-3)52-61-55(58)49-46-43-40-37-34-31-23-20-17-14-11-8-5-2/h7,9-10,12,15-16,18-19,21,24-26,28-29,31-32,34,36,39,42,54H,4-6,8,11,13-14,17,20,22-23,27,30,33,35,37-38,40-41,43-53H2,1-3H3/b10-7-,12-9-,18-15-,19-16-,24-21-,26-25-,29-28-,34-31-,36-32-,42-39-. The Kier molecular flexibility index (Phi) is 47.1. The predicted octanol–water partition coefficient (Wildman–Crippen LogP) is 16.5. The van der Waals surface area contributed by atoms with E-state index in [1.807, 2.05) is 54.7 Å². The minimum Gasteiger partial charge on any atom is -0.462 e. The molecule has 1 unspecified atom stereocenters. The average molecular weight is 871 g/mol. The number of unbranched alkanes of at least 4 members (excludes halogenated alkanes) is 16. The molecule has 0 aromatic heterocycles. The highest BCUT2D eigenvalue weighted by atomic mass is 16.6. The topological polar surface area (TPSA) is 78.9 Å². The second-order valence-corrected chi connectivity index (χ2v) is 16.1. The summed E-state index contributed by atoms with van der Waals surface area (Å²) in [5.74, 6) is -1.04. The highest BCUT2D eigenvalue weighted by Gasteiger charge is 2.19. The summed E-state index contributed by atoms with van der Waals surface area (Å²) in [5.41, 5.74) is 0. The van der Waals surface area contributed by atoms with Gasteiger partial charge in [0.2, 0.25) is 0 Å². The summed E-state index contributed by atoms with van der Waals surface area (Å²) in [6.45, 7) is 6.26. The average Bonchev–Trinajstić information content (AvgIpc) is 3.28. The summed E-state index contributed by atoms with van der Waals surface area (Å²) in [5, 5.41) is 0. The van der Waals surface area contributed by atoms with E-state index in [1.165, 1.54) is 51.4 Å². The van der Waals surface area contributed by atoms with Gasteiger partial charge in [-0.05, 0) is 96.3 Å². The third-order valence-corrected chi connectivity index (χ3v) is 10.1. The van der Waals surface area contributed by atoms with E-state index in [9.17, 15) is 14.4 Å². The van der Waals surface area contributed by atoms with Gasteiger partial charge in [0.05, 0.1) is 0 Å². The van der Waals surface area contributed by atoms with E-state index in [0.29, 0.717) is 19.3 Å². The zero-order valence-electron chi connectivity index (χ0n) is 40.3. The van der Waals surface area contributed by atoms with Gasteiger partial charge in [-0.1, -0.05) is 206 Å². The molecule has 0 heterocycles. The van der Waals surface area contributed by atoms with Gasteiger partial charge in [-0.25, -0.2) is 0 Å². The first-order valence-electron chi connectivity index (χ1n) is 25.1. The van der Waals surface area contributed by atoms with E-state index >= 15 is 0 Å². The molecule has 0 aromatic carbocycles. The van der Waals surface area contributed by atoms with Gasteiger partial charge in [0.1, 0.15) is 13.2 Å². The van der Waals surface area contributed by atoms with Crippen molar-refractivity contribution in [2.24, 2.45) is 0 Å². The maximum absolute atomic E-state index is 12.7. The lowest BCUT2D eigenvalue weighted by Gasteiger charge is -2.18. The van der Waals surface area contributed by atoms with Crippen LogP contribution in [0, 0.1) is 0 Å². The van der Waals surface area contributed by atoms with Crippen LogP contribution in [0.15, 0.2) is 122 Å². The molecule has 354 valence electrons. The number of carbonyl (C=O) groups excluding carboxylic acids is 3. The fraction of sp³-hybridized carbons (Fsp3) is 0.596. The van der Waals surface area contributed by atoms with Gasteiger partial charge < -0.3 is 14.2 Å². The summed E-state index contributed by atoms with van der Waals surface area (Å²) >= 11 is 0. The molecule has 0 saturated heterocycles. The van der Waals surface area contributed by atoms with Crippen molar-refractivity contribution in [1.82, 2.24) is 0 Å². The fourth-order valence-electron chi connectivity index (χ4n) is 6.34. The van der Waals surface area contributed by atoms with Crippen molar-refractivity contribution in [2.45, 2.75) is 207 Å². The Bertz CT molecular complexity index is 1370. The van der Waals surface area contributed by atoms with Gasteiger partial charge in [0, 0.05) is 19.3 Å². The molecule has 0 aliphatic heterocycles. The molecule has 6 heteroatoms. The molecule has 6 nitrogen and oxygen atoms in total. The van der Waals surface area contributed by atoms with Crippen molar-refractivity contribution in [3.05, 3.63) is 122 Å². The second-order valence-electron chi connectivity index (χ2n) is 16.1. The minimum atomic E-state index is -0.829. The Morgan fingerprint density at radius 2 is 0.714 bits per heavy atom. The molecule has 0 aliphatic carbocycles. The number of rotatable bonds is 43. The number of carbonyl (C=O) groups is 3. The largest absolute Gasteiger partial charge is 0.462 e. The molecule has 0 rings (SSSR count). The van der Waals surface area contributed by atoms with Crippen LogP contribution in [0.5, 0.6) is 0 Å². The molecular formula is C57H90O6. The minimum absolute atomic E-state index is 0.122. The van der Waals surface area contributed by atoms with E-state index in [0.717, 1.165) is 103 Å². The molecule has 0 aromatic rings. The highest BCUT2D eigenvalue weighted by Crippen LogP contribution is 2.12. The third-order valence-electron chi connectivity index (χ3n) is 10.1. The van der Waals surface area contributed by atoms with E-state index in [4.69, 9.17) is 14.2 Å². The molecule has 63 heavy (non-hydrogen) atoms. The molecule has 0 amide bonds. The number of hydrogen-bond donors (Lipinski definition) is 0. The molecule has 0 fully saturated rings. The Hall–Kier alpha value is -4.19. The van der Waals surface area contributed by atoms with Gasteiger partial charge in [-0.15, -0.1) is 0 Å². The van der Waals surface area contributed by atoms with E-state index in [1.54, 1.807) is 0 Å². The van der Waals surface area contributed by atoms with Crippen molar-refractivity contribution in [2.75, 3.05) is 13.2 Å². The molecular weight excluding hydrogens is 781 g/mol. The Morgan fingerprint density at radius 3 is 1.22 bits per heavy atom. The van der Waals surface area contributed by atoms with Crippen LogP contribution in [0.2, 0.25) is 0 Å². The van der Waals surface area contributed by atoms with E-state index < -0.39 is 12.1 Å². The van der Waals surface area contributed by atoms with Crippen LogP contribution in [0.25, 0.3) is 0 Å². The lowest BCUT2D eigenvalue weighted by atomic mass is 10.1. The molecule has 1 atom stereocenters. The van der Waals surface area contributed by atoms with Crippen LogP contribution in [0.4, 0.5) is 0 Å². The first kappa shape index (κ1) is 58.8. The SMILES string of the molecule is CC\C=C/C=C\C=C/C=C\C=C/CCCC(=O)OC(COC(=O)CCCCC/C=C\CCCCCCCC)COC(=O)CCCCCCCC/C=C\C/C=C\C/C=C\C/C=C\CC. The lowest BCUT2D eigenvalue weighted by Crippen LogP contribution is -2.30. The van der Waals surface area contributed by atoms with Gasteiger partial charge in [-0.2, -0.15) is 0 Å². The highest BCUT2D eigenvalue weighted by molar-refractivity contribution is 5.71. The van der Waals surface area contributed by atoms with Crippen molar-refractivity contribution in [3.8, 4) is 0 Å². The summed E-state index contributed by atoms with van der Waals surface area (Å²) in [6.07, 6.45) is 69.0. The van der Waals surface area contributed by atoms with Crippen molar-refractivity contribution in [3.63, 3.8) is 0 Å². The first-order chi connectivity index (χ1) is 31.0. The first-order valence-corrected chi connectivity index (χ1v) is 25.1. The predicted molar refractivity (Wildman–Crippen MR) is 269 cm³/mol. The van der Waals surface area contributed by atoms with E-state index in [2.05, 4.69) is 87.6 Å². The fourth-order valence-corrected chi connectivity index (χ4v) is 6.34. The number of hydrogen-bond acceptors (Lipinski definition) is 6. The van der Waals surface area contributed by atoms with Gasteiger partial charge in [-0.3, -0.25) is 14.4 Å². The molecule has 0 radical (unpaired) electrons. The number of allylic oxidation sites excluding steroid dienone is 20. The zero-order chi connectivity index (χ0) is 45.8. The monoisotopic (exact) mass is 871 g/mol. The van der Waals surface area contributed by atoms with Crippen molar-refractivity contribution >= 4 is 17.9 Å². The number of esters is 3. The quantitative estimate of drug-likeness (QED) is 0.0200. The maximum Gasteiger partial charge on any atom is 0.306 e. The van der Waals surface area contributed by atoms with Crippen molar-refractivity contribution < 1.29 is 28.6 Å². The van der Waals surface area contributed by atoms with Crippen LogP contribution >= 0.6 is 0 Å². The molecule has 0 spiro atoms. The molecule has 0 bridgehead atoms. The third kappa shape index (κ3) is 48.7. The second kappa shape index (κ2) is 50.5. The molecule has 0 saturated carbocycles. The van der Waals surface area contributed by atoms with Crippen LogP contribution in [-0.2, 0) is 28.6 Å². The van der Waals surface area contributed by atoms with Crippen LogP contribution in [0.3, 0.4) is 0 Å². The van der Waals surface area contributed by atoms with Gasteiger partial charge in [0.25, 0.3) is 0 Å². The lowest BCUT2D eigenvalue weighted by molar-refractivity contribution is -0.167. The Morgan fingerprint density at radius 1 is 0.349 bits per heavy atom. The smallest absolute Gasteiger partial charge is 0.306 e. The summed E-state index contributed by atoms with van der Waals surface area (Å²) in [7, 11) is 0. The molecule has 0 aliphatic rings. The summed E-state index contributed by atoms with van der Waals surface area (Å²) in [6, 6.07) is 0. The van der Waals surface area contributed by atoms with Gasteiger partial charge >= 0.3 is 17.9 Å². The normalized spacial score (nSPS) is 13.1. The van der Waals surface area contributed by atoms with Crippen molar-refractivity contribution in [1.29, 1.82) is 0 Å². The van der Waals surface area contributed by atoms with E-state index in [-0.39, 0.29) is 31.6 Å². The van der Waals surface area contributed by atoms with Crippen LogP contribution in [-0.4, -0.2) is 37.2 Å². The van der Waals surface area contributed by atoms with Crippen LogP contribution < -0.4 is 0 Å². The summed E-state index contributed by atoms with van der Waals surface area (Å²) < 4.78 is 16.7. The molecule has 0 N–H and O–H groups in total. The maximum atomic E-state index is 12.7. The Labute approximate surface area is 386 Å². The van der Waals surface area contributed by atoms with Gasteiger partial charge in [0.15, 0.2) is 6.10 Å². The summed E-state index contributed by atoms with van der Waals surface area (Å²) in [4.78, 5) is 37.9.